The van der Waals surface area contributed by atoms with Gasteiger partial charge in [0.05, 0.1) is 11.0 Å². The summed E-state index contributed by atoms with van der Waals surface area (Å²) in [6, 6.07) is 6.04. The molecule has 0 spiro atoms. The molecule has 96 valence electrons. The molecule has 7 heteroatoms. The quantitative estimate of drug-likeness (QED) is 0.709. The van der Waals surface area contributed by atoms with Gasteiger partial charge in [-0.1, -0.05) is 17.7 Å². The molecule has 0 radical (unpaired) electrons. The van der Waals surface area contributed by atoms with E-state index in [1.54, 1.807) is 0 Å². The van der Waals surface area contributed by atoms with Gasteiger partial charge in [0.25, 0.3) is 0 Å². The van der Waals surface area contributed by atoms with E-state index in [-0.39, 0.29) is 5.82 Å². The Hall–Kier alpha value is -1.79. The van der Waals surface area contributed by atoms with Crippen molar-refractivity contribution in [1.29, 1.82) is 0 Å². The second-order valence-corrected chi connectivity index (χ2v) is 5.40. The second kappa shape index (κ2) is 4.71. The molecule has 1 aromatic carbocycles. The summed E-state index contributed by atoms with van der Waals surface area (Å²) in [5.74, 6) is 0.270. The first kappa shape index (κ1) is 12.3. The predicted molar refractivity (Wildman–Crippen MR) is 76.4 cm³/mol. The van der Waals surface area contributed by atoms with Gasteiger partial charge in [0.1, 0.15) is 22.2 Å². The number of nitrogens with zero attached hydrogens (tertiary/aromatic N) is 3. The fourth-order valence-electron chi connectivity index (χ4n) is 1.68. The van der Waals surface area contributed by atoms with Gasteiger partial charge in [0.2, 0.25) is 0 Å². The minimum absolute atomic E-state index is 0.270. The zero-order chi connectivity index (χ0) is 13.4. The van der Waals surface area contributed by atoms with Crippen LogP contribution in [-0.2, 0) is 0 Å². The largest absolute Gasteiger partial charge is 0.382 e. The molecule has 2 heterocycles. The van der Waals surface area contributed by atoms with Crippen molar-refractivity contribution in [3.63, 3.8) is 0 Å². The van der Waals surface area contributed by atoms with Crippen molar-refractivity contribution < 1.29 is 0 Å². The Kier molecular flexibility index (Phi) is 3.04. The van der Waals surface area contributed by atoms with Gasteiger partial charge in [-0.05, 0) is 36.4 Å². The molecule has 0 aliphatic rings. The number of rotatable bonds is 2. The molecular formula is C12H10ClN5S. The van der Waals surface area contributed by atoms with Crippen LogP contribution >= 0.6 is 23.4 Å². The Labute approximate surface area is 118 Å². The van der Waals surface area contributed by atoms with Crippen LogP contribution in [0.15, 0.2) is 34.7 Å². The van der Waals surface area contributed by atoms with Crippen LogP contribution in [0, 0.1) is 6.92 Å². The Morgan fingerprint density at radius 3 is 3.00 bits per heavy atom. The number of hydrogen-bond donors (Lipinski definition) is 2. The van der Waals surface area contributed by atoms with E-state index in [1.165, 1.54) is 23.7 Å². The van der Waals surface area contributed by atoms with E-state index >= 15 is 0 Å². The van der Waals surface area contributed by atoms with Gasteiger partial charge in [0, 0.05) is 0 Å². The van der Waals surface area contributed by atoms with Gasteiger partial charge in [0.15, 0.2) is 5.16 Å². The molecule has 0 atom stereocenters. The van der Waals surface area contributed by atoms with Crippen molar-refractivity contribution in [1.82, 2.24) is 19.9 Å². The van der Waals surface area contributed by atoms with Crippen molar-refractivity contribution in [2.75, 3.05) is 5.73 Å². The van der Waals surface area contributed by atoms with Gasteiger partial charge in [-0.2, -0.15) is 0 Å². The van der Waals surface area contributed by atoms with Gasteiger partial charge in [-0.3, -0.25) is 0 Å². The molecule has 0 aliphatic heterocycles. The van der Waals surface area contributed by atoms with E-state index in [4.69, 9.17) is 17.3 Å². The lowest BCUT2D eigenvalue weighted by molar-refractivity contribution is 1.03. The van der Waals surface area contributed by atoms with Crippen LogP contribution in [0.4, 0.5) is 5.82 Å². The van der Waals surface area contributed by atoms with Gasteiger partial charge in [-0.25, -0.2) is 15.0 Å². The van der Waals surface area contributed by atoms with Gasteiger partial charge >= 0.3 is 0 Å². The van der Waals surface area contributed by atoms with E-state index in [2.05, 4.69) is 19.9 Å². The lowest BCUT2D eigenvalue weighted by atomic mass is 10.2. The van der Waals surface area contributed by atoms with Crippen LogP contribution in [0.3, 0.4) is 0 Å². The number of fused-ring (bicyclic) bond motifs is 1. The van der Waals surface area contributed by atoms with Gasteiger partial charge < -0.3 is 10.7 Å². The first-order valence-electron chi connectivity index (χ1n) is 5.53. The fraction of sp³-hybridized carbons (Fsp3) is 0.0833. The normalized spacial score (nSPS) is 11.1. The topological polar surface area (TPSA) is 80.5 Å². The van der Waals surface area contributed by atoms with Gasteiger partial charge in [-0.15, -0.1) is 0 Å². The predicted octanol–water partition coefficient (Wildman–Crippen LogP) is 3.05. The highest BCUT2D eigenvalue weighted by molar-refractivity contribution is 7.99. The molecule has 0 aliphatic carbocycles. The molecule has 0 saturated heterocycles. The minimum Gasteiger partial charge on any atom is -0.382 e. The lowest BCUT2D eigenvalue weighted by Crippen LogP contribution is -1.94. The number of nitrogen functional groups attached to an aromatic ring is 1. The average molecular weight is 292 g/mol. The smallest absolute Gasteiger partial charge is 0.172 e. The lowest BCUT2D eigenvalue weighted by Gasteiger charge is -2.01. The Morgan fingerprint density at radius 2 is 2.16 bits per heavy atom. The molecule has 0 amide bonds. The van der Waals surface area contributed by atoms with Crippen molar-refractivity contribution in [2.24, 2.45) is 0 Å². The van der Waals surface area contributed by atoms with Crippen LogP contribution in [0.1, 0.15) is 5.56 Å². The summed E-state index contributed by atoms with van der Waals surface area (Å²) in [6.45, 7) is 2.04. The molecule has 3 rings (SSSR count). The number of aryl methyl sites for hydroxylation is 1. The summed E-state index contributed by atoms with van der Waals surface area (Å²) >= 11 is 7.38. The molecule has 19 heavy (non-hydrogen) atoms. The number of hydrogen-bond acceptors (Lipinski definition) is 5. The van der Waals surface area contributed by atoms with E-state index in [0.717, 1.165) is 16.2 Å². The van der Waals surface area contributed by atoms with E-state index in [0.29, 0.717) is 10.0 Å². The van der Waals surface area contributed by atoms with E-state index < -0.39 is 0 Å². The van der Waals surface area contributed by atoms with Crippen molar-refractivity contribution in [3.05, 3.63) is 35.1 Å². The maximum Gasteiger partial charge on any atom is 0.172 e. The molecule has 0 saturated carbocycles. The number of nitrogens with two attached hydrogens (primary N) is 1. The minimum atomic E-state index is 0.270. The number of nitrogens with one attached hydrogen (secondary N) is 1. The monoisotopic (exact) mass is 291 g/mol. The third kappa shape index (κ3) is 2.36. The highest BCUT2D eigenvalue weighted by atomic mass is 35.5. The van der Waals surface area contributed by atoms with Crippen molar-refractivity contribution >= 4 is 40.2 Å². The van der Waals surface area contributed by atoms with Crippen LogP contribution in [0.25, 0.3) is 11.0 Å². The third-order valence-corrected chi connectivity index (χ3v) is 3.97. The summed E-state index contributed by atoms with van der Waals surface area (Å²) in [4.78, 5) is 15.6. The number of aromatic nitrogens is 4. The summed E-state index contributed by atoms with van der Waals surface area (Å²) in [6.07, 6.45) is 1.39. The molecule has 5 nitrogen and oxygen atoms in total. The SMILES string of the molecule is Cc1ccc2nc(Sc3ncnc(N)c3Cl)[nH]c2c1. The number of aromatic amines is 1. The van der Waals surface area contributed by atoms with Crippen molar-refractivity contribution in [3.8, 4) is 0 Å². The average Bonchev–Trinajstić information content (AvgIpc) is 2.76. The highest BCUT2D eigenvalue weighted by Gasteiger charge is 2.11. The summed E-state index contributed by atoms with van der Waals surface area (Å²) < 4.78 is 0. The molecule has 0 bridgehead atoms. The first-order chi connectivity index (χ1) is 9.13. The Bertz CT molecular complexity index is 755. The number of H-pyrrole nitrogens is 1. The summed E-state index contributed by atoms with van der Waals surface area (Å²) in [7, 11) is 0. The van der Waals surface area contributed by atoms with Crippen LogP contribution in [0.2, 0.25) is 5.02 Å². The number of halogens is 1. The van der Waals surface area contributed by atoms with Crippen LogP contribution in [-0.4, -0.2) is 19.9 Å². The summed E-state index contributed by atoms with van der Waals surface area (Å²) in [5.41, 5.74) is 8.72. The van der Waals surface area contributed by atoms with Crippen LogP contribution < -0.4 is 5.73 Å². The molecule has 2 aromatic heterocycles. The maximum absolute atomic E-state index is 6.05. The Morgan fingerprint density at radius 1 is 1.32 bits per heavy atom. The highest BCUT2D eigenvalue weighted by Crippen LogP contribution is 2.32. The van der Waals surface area contributed by atoms with Crippen LogP contribution in [0.5, 0.6) is 0 Å². The number of benzene rings is 1. The molecular weight excluding hydrogens is 282 g/mol. The zero-order valence-corrected chi connectivity index (χ0v) is 11.6. The Balaban J connectivity index is 1.99. The molecule has 3 N–H and O–H groups in total. The molecule has 0 fully saturated rings. The molecule has 3 aromatic rings. The second-order valence-electron chi connectivity index (χ2n) is 4.04. The maximum atomic E-state index is 6.05. The standard InChI is InChI=1S/C12H10ClN5S/c1-6-2-3-7-8(4-6)18-12(17-7)19-11-9(13)10(14)15-5-16-11/h2-5H,1H3,(H,17,18)(H2,14,15,16). The third-order valence-electron chi connectivity index (χ3n) is 2.59. The molecule has 0 unspecified atom stereocenters. The fourth-order valence-corrected chi connectivity index (χ4v) is 2.67. The first-order valence-corrected chi connectivity index (χ1v) is 6.73. The van der Waals surface area contributed by atoms with E-state index in [9.17, 15) is 0 Å². The zero-order valence-electron chi connectivity index (χ0n) is 10.0. The summed E-state index contributed by atoms with van der Waals surface area (Å²) in [5, 5.41) is 1.66. The van der Waals surface area contributed by atoms with E-state index in [1.807, 2.05) is 25.1 Å². The van der Waals surface area contributed by atoms with Crippen molar-refractivity contribution in [2.45, 2.75) is 17.1 Å². The number of anilines is 1. The number of imidazole rings is 1.